The molecule has 0 aromatic carbocycles. The largest absolute Gasteiger partial charge is 0.574 e. The van der Waals surface area contributed by atoms with Gasteiger partial charge in [0.15, 0.2) is 0 Å². The summed E-state index contributed by atoms with van der Waals surface area (Å²) in [6.07, 6.45) is -9.33. The molecule has 0 atom stereocenters. The van der Waals surface area contributed by atoms with Crippen LogP contribution in [-0.2, 0) is 12.7 Å². The normalized spacial score (nSPS) is 12.7. The smallest absolute Gasteiger partial charge is 0.387 e. The van der Waals surface area contributed by atoms with Crippen molar-refractivity contribution in [3.8, 4) is 5.88 Å². The number of alkyl halides is 6. The highest BCUT2D eigenvalue weighted by molar-refractivity contribution is 14.1. The molecule has 1 heterocycles. The summed E-state index contributed by atoms with van der Waals surface area (Å²) in [5, 5.41) is 0. The molecule has 0 aliphatic rings. The molecular formula is C8H5F6IN2O. The van der Waals surface area contributed by atoms with Gasteiger partial charge in [0.05, 0.1) is 9.13 Å². The van der Waals surface area contributed by atoms with Gasteiger partial charge in [-0.2, -0.15) is 13.2 Å². The van der Waals surface area contributed by atoms with Crippen LogP contribution in [0.2, 0.25) is 0 Å². The maximum absolute atomic E-state index is 12.7. The van der Waals surface area contributed by atoms with E-state index >= 15 is 0 Å². The zero-order chi connectivity index (χ0) is 14.1. The van der Waals surface area contributed by atoms with E-state index in [9.17, 15) is 26.3 Å². The van der Waals surface area contributed by atoms with Crippen molar-refractivity contribution in [1.29, 1.82) is 0 Å². The van der Waals surface area contributed by atoms with Crippen LogP contribution in [0.3, 0.4) is 0 Å². The van der Waals surface area contributed by atoms with Gasteiger partial charge in [0.2, 0.25) is 5.88 Å². The number of hydrogen-bond donors (Lipinski definition) is 1. The fourth-order valence-corrected chi connectivity index (χ4v) is 2.05. The van der Waals surface area contributed by atoms with Crippen LogP contribution >= 0.6 is 22.6 Å². The Hall–Kier alpha value is -0.780. The second-order valence-corrected chi connectivity index (χ2v) is 4.11. The number of halogens is 7. The summed E-state index contributed by atoms with van der Waals surface area (Å²) in [6.45, 7) is -0.496. The molecule has 102 valence electrons. The quantitative estimate of drug-likeness (QED) is 0.628. The Morgan fingerprint density at radius 1 is 1.22 bits per heavy atom. The summed E-state index contributed by atoms with van der Waals surface area (Å²) in [6, 6.07) is 0. The fourth-order valence-electron chi connectivity index (χ4n) is 1.15. The van der Waals surface area contributed by atoms with Gasteiger partial charge in [-0.3, -0.25) is 0 Å². The molecule has 10 heteroatoms. The van der Waals surface area contributed by atoms with Gasteiger partial charge in [0.25, 0.3) is 0 Å². The first-order chi connectivity index (χ1) is 8.06. The molecule has 0 bridgehead atoms. The highest BCUT2D eigenvalue weighted by Gasteiger charge is 2.40. The molecule has 0 radical (unpaired) electrons. The third kappa shape index (κ3) is 3.60. The van der Waals surface area contributed by atoms with Crippen molar-refractivity contribution >= 4 is 22.6 Å². The number of nitrogens with zero attached hydrogens (tertiary/aromatic N) is 1. The first-order valence-electron chi connectivity index (χ1n) is 4.26. The minimum atomic E-state index is -5.11. The lowest BCUT2D eigenvalue weighted by Crippen LogP contribution is -2.21. The van der Waals surface area contributed by atoms with E-state index in [1.165, 1.54) is 0 Å². The molecule has 0 saturated carbocycles. The van der Waals surface area contributed by atoms with Crippen LogP contribution in [0.15, 0.2) is 6.20 Å². The van der Waals surface area contributed by atoms with Crippen LogP contribution in [-0.4, -0.2) is 11.3 Å². The van der Waals surface area contributed by atoms with Crippen LogP contribution in [0.1, 0.15) is 11.1 Å². The summed E-state index contributed by atoms with van der Waals surface area (Å²) >= 11 is 1.09. The highest BCUT2D eigenvalue weighted by Crippen LogP contribution is 2.39. The van der Waals surface area contributed by atoms with E-state index in [-0.39, 0.29) is 0 Å². The molecule has 0 aliphatic heterocycles. The standard InChI is InChI=1S/C8H5F6IN2O/c9-7(10,11)4-3(1-16)2-17-6(5(4)15)18-8(12,13)14/h2H,1,16H2. The number of rotatable bonds is 2. The van der Waals surface area contributed by atoms with Crippen molar-refractivity contribution in [3.05, 3.63) is 20.9 Å². The van der Waals surface area contributed by atoms with Gasteiger partial charge in [-0.1, -0.05) is 0 Å². The zero-order valence-electron chi connectivity index (χ0n) is 8.36. The van der Waals surface area contributed by atoms with E-state index in [1.54, 1.807) is 0 Å². The lowest BCUT2D eigenvalue weighted by atomic mass is 10.1. The van der Waals surface area contributed by atoms with Gasteiger partial charge in [-0.15, -0.1) is 13.2 Å². The second-order valence-electron chi connectivity index (χ2n) is 3.03. The monoisotopic (exact) mass is 386 g/mol. The number of pyridine rings is 1. The molecule has 18 heavy (non-hydrogen) atoms. The molecule has 0 saturated heterocycles. The van der Waals surface area contributed by atoms with Gasteiger partial charge in [0, 0.05) is 12.7 Å². The van der Waals surface area contributed by atoms with Crippen LogP contribution in [0.4, 0.5) is 26.3 Å². The van der Waals surface area contributed by atoms with Crippen molar-refractivity contribution in [1.82, 2.24) is 4.98 Å². The van der Waals surface area contributed by atoms with Gasteiger partial charge in [-0.25, -0.2) is 4.98 Å². The fraction of sp³-hybridized carbons (Fsp3) is 0.375. The van der Waals surface area contributed by atoms with E-state index in [2.05, 4.69) is 9.72 Å². The lowest BCUT2D eigenvalue weighted by Gasteiger charge is -2.16. The van der Waals surface area contributed by atoms with E-state index in [1.807, 2.05) is 0 Å². The molecular weight excluding hydrogens is 381 g/mol. The highest BCUT2D eigenvalue weighted by atomic mass is 127. The molecule has 0 amide bonds. The van der Waals surface area contributed by atoms with Gasteiger partial charge in [0.1, 0.15) is 0 Å². The Morgan fingerprint density at radius 3 is 2.17 bits per heavy atom. The molecule has 2 N–H and O–H groups in total. The van der Waals surface area contributed by atoms with E-state index in [0.717, 1.165) is 22.6 Å². The molecule has 0 fully saturated rings. The summed E-state index contributed by atoms with van der Waals surface area (Å²) in [4.78, 5) is 3.18. The lowest BCUT2D eigenvalue weighted by molar-refractivity contribution is -0.276. The Balaban J connectivity index is 3.35. The Kier molecular flexibility index (Phi) is 4.30. The first-order valence-corrected chi connectivity index (χ1v) is 5.34. The number of nitrogens with two attached hydrogens (primary N) is 1. The van der Waals surface area contributed by atoms with Crippen LogP contribution in [0.25, 0.3) is 0 Å². The van der Waals surface area contributed by atoms with Crippen LogP contribution < -0.4 is 10.5 Å². The predicted molar refractivity (Wildman–Crippen MR) is 56.5 cm³/mol. The third-order valence-electron chi connectivity index (χ3n) is 1.78. The summed E-state index contributed by atoms with van der Waals surface area (Å²) in [5.74, 6) is -1.15. The Labute approximate surface area is 110 Å². The molecule has 1 aromatic heterocycles. The van der Waals surface area contributed by atoms with Gasteiger partial charge in [-0.05, 0) is 28.2 Å². The van der Waals surface area contributed by atoms with Crippen LogP contribution in [0.5, 0.6) is 5.88 Å². The molecule has 0 spiro atoms. The topological polar surface area (TPSA) is 48.1 Å². The minimum absolute atomic E-state index is 0.401. The maximum Gasteiger partial charge on any atom is 0.574 e. The molecule has 0 unspecified atom stereocenters. The van der Waals surface area contributed by atoms with Crippen molar-refractivity contribution in [2.75, 3.05) is 0 Å². The average molecular weight is 386 g/mol. The summed E-state index contributed by atoms with van der Waals surface area (Å²) < 4.78 is 76.6. The number of aromatic nitrogens is 1. The molecule has 0 aliphatic carbocycles. The average Bonchev–Trinajstić information content (AvgIpc) is 2.16. The van der Waals surface area contributed by atoms with Gasteiger partial charge < -0.3 is 10.5 Å². The third-order valence-corrected chi connectivity index (χ3v) is 2.78. The SMILES string of the molecule is NCc1cnc(OC(F)(F)F)c(I)c1C(F)(F)F. The Morgan fingerprint density at radius 2 is 1.78 bits per heavy atom. The summed E-state index contributed by atoms with van der Waals surface area (Å²) in [7, 11) is 0. The first kappa shape index (κ1) is 15.3. The van der Waals surface area contributed by atoms with Crippen molar-refractivity contribution in [3.63, 3.8) is 0 Å². The van der Waals surface area contributed by atoms with E-state index < -0.39 is 39.7 Å². The molecule has 3 nitrogen and oxygen atoms in total. The summed E-state index contributed by atoms with van der Waals surface area (Å²) in [5.41, 5.74) is 3.42. The second kappa shape index (κ2) is 5.07. The maximum atomic E-state index is 12.7. The van der Waals surface area contributed by atoms with E-state index in [4.69, 9.17) is 5.73 Å². The number of ether oxygens (including phenoxy) is 1. The van der Waals surface area contributed by atoms with Crippen molar-refractivity contribution < 1.29 is 31.1 Å². The van der Waals surface area contributed by atoms with Crippen LogP contribution in [0, 0.1) is 3.57 Å². The minimum Gasteiger partial charge on any atom is -0.387 e. The zero-order valence-corrected chi connectivity index (χ0v) is 10.5. The Bertz CT molecular complexity index is 444. The van der Waals surface area contributed by atoms with E-state index in [0.29, 0.717) is 6.20 Å². The van der Waals surface area contributed by atoms with Crippen molar-refractivity contribution in [2.45, 2.75) is 19.1 Å². The molecule has 1 aromatic rings. The number of hydrogen-bond acceptors (Lipinski definition) is 3. The molecule has 1 rings (SSSR count). The van der Waals surface area contributed by atoms with Gasteiger partial charge >= 0.3 is 12.5 Å². The van der Waals surface area contributed by atoms with Crippen molar-refractivity contribution in [2.24, 2.45) is 5.73 Å². The predicted octanol–water partition coefficient (Wildman–Crippen LogP) is 3.06.